The number of hydrogen-bond donors (Lipinski definition) is 2. The summed E-state index contributed by atoms with van der Waals surface area (Å²) >= 11 is 10.8. The van der Waals surface area contributed by atoms with E-state index < -0.39 is 29.9 Å². The third kappa shape index (κ3) is 7.21. The Kier molecular flexibility index (Phi) is 10.4. The van der Waals surface area contributed by atoms with Gasteiger partial charge in [-0.3, -0.25) is 4.99 Å². The summed E-state index contributed by atoms with van der Waals surface area (Å²) in [5.74, 6) is -1.48. The number of nitrogens with one attached hydrogen (secondary N) is 1. The number of rotatable bonds is 6. The predicted molar refractivity (Wildman–Crippen MR) is 133 cm³/mol. The van der Waals surface area contributed by atoms with Gasteiger partial charge in [-0.2, -0.15) is 0 Å². The quantitative estimate of drug-likeness (QED) is 0.331. The normalized spacial score (nSPS) is 16.0. The average Bonchev–Trinajstić information content (AvgIpc) is 3.28. The Morgan fingerprint density at radius 3 is 2.56 bits per heavy atom. The van der Waals surface area contributed by atoms with Crippen LogP contribution in [0.5, 0.6) is 0 Å². The molecule has 0 bridgehead atoms. The number of aliphatic imine (C=N–C) groups is 1. The number of allylic oxidation sites excluding steroid dienone is 1. The summed E-state index contributed by atoms with van der Waals surface area (Å²) in [6, 6.07) is 2.98. The maximum atomic E-state index is 13.6. The fraction of sp³-hybridized carbons (Fsp3) is 0.333. The topological polar surface area (TPSA) is 102 Å². The molecule has 1 aliphatic heterocycles. The summed E-state index contributed by atoms with van der Waals surface area (Å²) in [5, 5.41) is 5.58. The molecule has 0 saturated carbocycles. The predicted octanol–water partition coefficient (Wildman–Crippen LogP) is 4.37. The molecule has 2 aromatic rings. The van der Waals surface area contributed by atoms with Crippen molar-refractivity contribution in [1.82, 2.24) is 10.3 Å². The molecule has 0 amide bonds. The number of aromatic nitrogens is 1. The van der Waals surface area contributed by atoms with Crippen LogP contribution in [0.2, 0.25) is 5.02 Å². The number of amidine groups is 1. The minimum atomic E-state index is -1.12. The van der Waals surface area contributed by atoms with Crippen molar-refractivity contribution in [3.05, 3.63) is 62.5 Å². The van der Waals surface area contributed by atoms with E-state index >= 15 is 0 Å². The van der Waals surface area contributed by atoms with Crippen molar-refractivity contribution in [2.75, 3.05) is 0 Å². The van der Waals surface area contributed by atoms with Crippen molar-refractivity contribution in [2.24, 2.45) is 9.29 Å². The molecule has 0 aliphatic carbocycles. The summed E-state index contributed by atoms with van der Waals surface area (Å²) in [6.07, 6.45) is 0.167. The molecule has 34 heavy (non-hydrogen) atoms. The van der Waals surface area contributed by atoms with Crippen LogP contribution in [0.15, 0.2) is 50.3 Å². The Morgan fingerprint density at radius 1 is 1.32 bits per heavy atom. The molecule has 2 heterocycles. The average molecular weight is 524 g/mol. The molecular formula is C21H22BClFN4O4S2. The Morgan fingerprint density at radius 2 is 2.00 bits per heavy atom. The van der Waals surface area contributed by atoms with Gasteiger partial charge in [-0.05, 0) is 39.8 Å². The summed E-state index contributed by atoms with van der Waals surface area (Å²) in [4.78, 5) is 34.0. The van der Waals surface area contributed by atoms with Crippen molar-refractivity contribution >= 4 is 61.2 Å². The van der Waals surface area contributed by atoms with Crippen LogP contribution in [0.25, 0.3) is 0 Å². The first-order valence-electron chi connectivity index (χ1n) is 9.95. The number of carbonyl (C=O) groups is 2. The van der Waals surface area contributed by atoms with Gasteiger partial charge in [-0.25, -0.2) is 19.0 Å². The van der Waals surface area contributed by atoms with Gasteiger partial charge >= 0.3 is 36.7 Å². The van der Waals surface area contributed by atoms with Crippen molar-refractivity contribution in [3.8, 4) is 0 Å². The summed E-state index contributed by atoms with van der Waals surface area (Å²) < 4.78 is 26.8. The van der Waals surface area contributed by atoms with Gasteiger partial charge in [0.2, 0.25) is 0 Å². The van der Waals surface area contributed by atoms with E-state index in [1.807, 2.05) is 0 Å². The van der Waals surface area contributed by atoms with Crippen molar-refractivity contribution < 1.29 is 23.5 Å². The number of esters is 2. The molecular weight excluding hydrogens is 502 g/mol. The second kappa shape index (κ2) is 12.8. The first kappa shape index (κ1) is 27.7. The Labute approximate surface area is 212 Å². The zero-order chi connectivity index (χ0) is 25.4. The molecule has 1 aliphatic rings. The van der Waals surface area contributed by atoms with E-state index in [9.17, 15) is 14.0 Å². The monoisotopic (exact) mass is 523 g/mol. The standard InChI is InChI=1S/C21H21ClFN3O4S.BHNS/c1-10(2)29-20(27)12(4)30-21(28)16-11(3)25-18(19-24-7-8-31-19)26-17(16)14-6-5-13(23)9-15(14)22;1-2-3/h5-10,12,17H,1-4H3,(H,25,26);3H/t12-,17-;/m0./s1. The Hall–Kier alpha value is -2.57. The minimum absolute atomic E-state index is 0.111. The molecule has 179 valence electrons. The molecule has 0 unspecified atom stereocenters. The number of hydrogen-bond acceptors (Lipinski definition) is 10. The SMILES string of the molecule is CC1=C(C(=O)O[C@@H](C)C(=O)OC(C)C)[C@H](c2ccc(F)cc2Cl)N=C(c2nccs2)N1.[B]=NS. The molecule has 1 N–H and O–H groups in total. The number of thiol groups is 1. The van der Waals surface area contributed by atoms with Crippen LogP contribution < -0.4 is 5.32 Å². The van der Waals surface area contributed by atoms with Gasteiger partial charge in [0.05, 0.1) is 11.7 Å². The van der Waals surface area contributed by atoms with Gasteiger partial charge in [-0.1, -0.05) is 17.7 Å². The van der Waals surface area contributed by atoms with E-state index in [4.69, 9.17) is 21.1 Å². The van der Waals surface area contributed by atoms with E-state index in [0.717, 1.165) is 6.07 Å². The van der Waals surface area contributed by atoms with Gasteiger partial charge in [0.15, 0.2) is 16.9 Å². The van der Waals surface area contributed by atoms with Crippen LogP contribution in [-0.2, 0) is 19.1 Å². The first-order valence-corrected chi connectivity index (χ1v) is 11.6. The van der Waals surface area contributed by atoms with Gasteiger partial charge in [0, 0.05) is 27.9 Å². The molecule has 1 aromatic carbocycles. The van der Waals surface area contributed by atoms with Crippen LogP contribution in [0, 0.1) is 5.82 Å². The molecule has 2 atom stereocenters. The van der Waals surface area contributed by atoms with Gasteiger partial charge < -0.3 is 14.8 Å². The van der Waals surface area contributed by atoms with Gasteiger partial charge in [0.25, 0.3) is 0 Å². The third-order valence-electron chi connectivity index (χ3n) is 4.32. The Balaban J connectivity index is 0.00000129. The zero-order valence-corrected chi connectivity index (χ0v) is 21.2. The second-order valence-electron chi connectivity index (χ2n) is 7.20. The molecule has 1 radical (unpaired) electrons. The number of nitrogens with zero attached hydrogens (tertiary/aromatic N) is 3. The van der Waals surface area contributed by atoms with E-state index in [1.54, 1.807) is 32.3 Å². The molecule has 0 fully saturated rings. The van der Waals surface area contributed by atoms with Crippen LogP contribution in [0.4, 0.5) is 4.39 Å². The zero-order valence-electron chi connectivity index (χ0n) is 18.8. The fourth-order valence-corrected chi connectivity index (χ4v) is 3.80. The van der Waals surface area contributed by atoms with Crippen molar-refractivity contribution in [2.45, 2.75) is 45.9 Å². The van der Waals surface area contributed by atoms with Crippen molar-refractivity contribution in [3.63, 3.8) is 0 Å². The number of carbonyl (C=O) groups excluding carboxylic acids is 2. The van der Waals surface area contributed by atoms with Crippen molar-refractivity contribution in [1.29, 1.82) is 0 Å². The van der Waals surface area contributed by atoms with Crippen LogP contribution in [0.3, 0.4) is 0 Å². The summed E-state index contributed by atoms with van der Waals surface area (Å²) in [5.41, 5.74) is 1.03. The van der Waals surface area contributed by atoms with Gasteiger partial charge in [-0.15, -0.1) is 11.3 Å². The first-order chi connectivity index (χ1) is 16.1. The van der Waals surface area contributed by atoms with E-state index in [-0.39, 0.29) is 16.7 Å². The van der Waals surface area contributed by atoms with E-state index in [1.165, 1.54) is 30.4 Å². The fourth-order valence-electron chi connectivity index (χ4n) is 2.94. The summed E-state index contributed by atoms with van der Waals surface area (Å²) in [7, 11) is 4.34. The van der Waals surface area contributed by atoms with Crippen LogP contribution in [0.1, 0.15) is 44.3 Å². The number of ether oxygens (including phenoxy) is 2. The molecule has 13 heteroatoms. The molecule has 0 spiro atoms. The third-order valence-corrected chi connectivity index (χ3v) is 5.43. The number of benzene rings is 1. The van der Waals surface area contributed by atoms with Gasteiger partial charge in [0.1, 0.15) is 11.9 Å². The molecule has 1 aromatic heterocycles. The van der Waals surface area contributed by atoms with Crippen LogP contribution >= 0.6 is 35.8 Å². The maximum absolute atomic E-state index is 13.6. The molecule has 8 nitrogen and oxygen atoms in total. The molecule has 0 saturated heterocycles. The van der Waals surface area contributed by atoms with Crippen LogP contribution in [-0.4, -0.2) is 42.6 Å². The molecule has 3 rings (SSSR count). The number of halogens is 2. The Bertz CT molecular complexity index is 1110. The number of thiazole rings is 1. The van der Waals surface area contributed by atoms with E-state index in [0.29, 0.717) is 22.1 Å². The summed E-state index contributed by atoms with van der Waals surface area (Å²) in [6.45, 7) is 6.51. The van der Waals surface area contributed by atoms with E-state index in [2.05, 4.69) is 40.0 Å². The second-order valence-corrected chi connectivity index (χ2v) is 8.73.